The van der Waals surface area contributed by atoms with Crippen molar-refractivity contribution >= 4 is 116 Å². The van der Waals surface area contributed by atoms with E-state index in [0.29, 0.717) is 0 Å². The lowest BCUT2D eigenvalue weighted by molar-refractivity contribution is 1.43. The molecule has 0 spiro atoms. The van der Waals surface area contributed by atoms with Crippen LogP contribution in [0.1, 0.15) is 11.1 Å². The van der Waals surface area contributed by atoms with Crippen LogP contribution in [0.4, 0.5) is 0 Å². The van der Waals surface area contributed by atoms with E-state index in [9.17, 15) is 0 Å². The van der Waals surface area contributed by atoms with Crippen LogP contribution < -0.4 is 0 Å². The van der Waals surface area contributed by atoms with Gasteiger partial charge in [-0.25, -0.2) is 0 Å². The summed E-state index contributed by atoms with van der Waals surface area (Å²) in [7, 11) is 0. The van der Waals surface area contributed by atoms with Crippen LogP contribution in [0.2, 0.25) is 50.2 Å². The molecule has 0 bridgehead atoms. The molecule has 0 saturated heterocycles. The first-order valence-electron chi connectivity index (χ1n) is 5.47. The Morgan fingerprint density at radius 2 is 0.478 bits per heavy atom. The summed E-state index contributed by atoms with van der Waals surface area (Å²) in [4.78, 5) is 0. The van der Waals surface area contributed by atoms with Gasteiger partial charge in [0.25, 0.3) is 0 Å². The molecular weight excluding hydrogens is 511 g/mol. The summed E-state index contributed by atoms with van der Waals surface area (Å²) < 4.78 is 0. The van der Waals surface area contributed by atoms with Crippen LogP contribution >= 0.6 is 116 Å². The van der Waals surface area contributed by atoms with Crippen LogP contribution in [0.25, 0.3) is 0 Å². The molecule has 2 aromatic carbocycles. The Labute approximate surface area is 182 Å². The molecule has 0 amide bonds. The van der Waals surface area contributed by atoms with Gasteiger partial charge in [0.1, 0.15) is 0 Å². The van der Waals surface area contributed by atoms with Gasteiger partial charge in [0.15, 0.2) is 0 Å². The van der Waals surface area contributed by atoms with Crippen LogP contribution in [0.3, 0.4) is 0 Å². The zero-order chi connectivity index (χ0) is 17.6. The van der Waals surface area contributed by atoms with Crippen LogP contribution in [-0.4, -0.2) is 0 Å². The van der Waals surface area contributed by atoms with Crippen molar-refractivity contribution in [3.05, 3.63) is 67.8 Å². The molecule has 0 atom stereocenters. The summed E-state index contributed by atoms with van der Waals surface area (Å²) >= 11 is 60.7. The lowest BCUT2D eigenvalue weighted by Gasteiger charge is -2.16. The largest absolute Gasteiger partial charge is 0.0823 e. The average Bonchev–Trinajstić information content (AvgIpc) is 2.54. The topological polar surface area (TPSA) is 0 Å². The van der Waals surface area contributed by atoms with Gasteiger partial charge in [-0.1, -0.05) is 116 Å². The maximum Gasteiger partial charge on any atom is 0.0809 e. The second-order valence-electron chi connectivity index (χ2n) is 4.11. The zero-order valence-electron chi connectivity index (χ0n) is 10.4. The van der Waals surface area contributed by atoms with Gasteiger partial charge in [-0.3, -0.25) is 0 Å². The fraction of sp³-hybridized carbons (Fsp3) is 0. The van der Waals surface area contributed by atoms with Crippen molar-refractivity contribution in [3.8, 4) is 0 Å². The van der Waals surface area contributed by atoms with Crippen molar-refractivity contribution in [3.63, 3.8) is 0 Å². The van der Waals surface area contributed by atoms with Crippen molar-refractivity contribution in [1.82, 2.24) is 0 Å². The highest BCUT2D eigenvalue weighted by Crippen LogP contribution is 2.49. The van der Waals surface area contributed by atoms with Crippen molar-refractivity contribution in [2.75, 3.05) is 0 Å². The van der Waals surface area contributed by atoms with Crippen LogP contribution in [0, 0.1) is 6.42 Å². The molecule has 0 saturated carbocycles. The fourth-order valence-electron chi connectivity index (χ4n) is 1.64. The maximum absolute atomic E-state index is 6.17. The normalized spacial score (nSPS) is 11.2. The first kappa shape index (κ1) is 20.6. The van der Waals surface area contributed by atoms with E-state index in [2.05, 4.69) is 0 Å². The van der Waals surface area contributed by atoms with E-state index in [1.165, 1.54) is 6.42 Å². The van der Waals surface area contributed by atoms with Gasteiger partial charge >= 0.3 is 0 Å². The predicted molar refractivity (Wildman–Crippen MR) is 105 cm³/mol. The molecular formula is C13HCl10. The maximum atomic E-state index is 6.17. The highest BCUT2D eigenvalue weighted by Gasteiger charge is 2.24. The van der Waals surface area contributed by atoms with Crippen molar-refractivity contribution in [2.45, 2.75) is 0 Å². The molecule has 10 heteroatoms. The minimum absolute atomic E-state index is 0.0323. The fourth-order valence-corrected chi connectivity index (χ4v) is 4.17. The van der Waals surface area contributed by atoms with E-state index in [4.69, 9.17) is 116 Å². The monoisotopic (exact) mass is 507 g/mol. The number of halogens is 10. The molecule has 23 heavy (non-hydrogen) atoms. The van der Waals surface area contributed by atoms with Gasteiger partial charge < -0.3 is 0 Å². The predicted octanol–water partition coefficient (Wildman–Crippen LogP) is 9.82. The van der Waals surface area contributed by atoms with Crippen molar-refractivity contribution in [1.29, 1.82) is 0 Å². The lowest BCUT2D eigenvalue weighted by Crippen LogP contribution is -1.95. The van der Waals surface area contributed by atoms with Gasteiger partial charge in [0.05, 0.1) is 50.2 Å². The third-order valence-corrected chi connectivity index (χ3v) is 7.39. The SMILES string of the molecule is Clc1c(Cl)c(Cl)c([CH]c2c(Cl)c(Cl)c(Cl)c(Cl)c2Cl)c(Cl)c1Cl. The summed E-state index contributed by atoms with van der Waals surface area (Å²) in [6.07, 6.45) is 1.44. The van der Waals surface area contributed by atoms with Gasteiger partial charge in [0, 0.05) is 17.5 Å². The molecule has 0 fully saturated rings. The standard InChI is InChI=1S/C13HCl10/c14-4-2(5(15)9(19)12(22)8(4)18)1-3-6(16)10(20)13(23)11(21)7(3)17/h1H. The number of hydrogen-bond donors (Lipinski definition) is 0. The van der Waals surface area contributed by atoms with Gasteiger partial charge in [-0.2, -0.15) is 0 Å². The van der Waals surface area contributed by atoms with Gasteiger partial charge in [-0.15, -0.1) is 0 Å². The lowest BCUT2D eigenvalue weighted by atomic mass is 10.0. The van der Waals surface area contributed by atoms with Gasteiger partial charge in [-0.05, 0) is 0 Å². The molecule has 0 aromatic heterocycles. The minimum atomic E-state index is 0.0323. The molecule has 2 aromatic rings. The highest BCUT2D eigenvalue weighted by molar-refractivity contribution is 6.56. The van der Waals surface area contributed by atoms with E-state index >= 15 is 0 Å². The molecule has 0 heterocycles. The Kier molecular flexibility index (Phi) is 7.11. The van der Waals surface area contributed by atoms with Crippen LogP contribution in [0.15, 0.2) is 0 Å². The first-order valence-corrected chi connectivity index (χ1v) is 9.25. The molecule has 123 valence electrons. The molecule has 0 nitrogen and oxygen atoms in total. The Morgan fingerprint density at radius 1 is 0.304 bits per heavy atom. The smallest absolute Gasteiger partial charge is 0.0809 e. The summed E-state index contributed by atoms with van der Waals surface area (Å²) in [5.41, 5.74) is 0.511. The average molecular weight is 512 g/mol. The number of benzene rings is 2. The second kappa shape index (κ2) is 7.92. The highest BCUT2D eigenvalue weighted by atomic mass is 35.5. The molecule has 0 unspecified atom stereocenters. The van der Waals surface area contributed by atoms with E-state index in [-0.39, 0.29) is 61.4 Å². The van der Waals surface area contributed by atoms with Crippen molar-refractivity contribution < 1.29 is 0 Å². The molecule has 2 rings (SSSR count). The third kappa shape index (κ3) is 3.74. The Hall–Kier alpha value is 1.34. The van der Waals surface area contributed by atoms with Crippen LogP contribution in [0.5, 0.6) is 0 Å². The first-order chi connectivity index (χ1) is 10.6. The Bertz CT molecular complexity index is 686. The Balaban J connectivity index is 2.71. The van der Waals surface area contributed by atoms with Gasteiger partial charge in [0.2, 0.25) is 0 Å². The van der Waals surface area contributed by atoms with E-state index in [1.54, 1.807) is 0 Å². The van der Waals surface area contributed by atoms with E-state index < -0.39 is 0 Å². The van der Waals surface area contributed by atoms with Crippen LogP contribution in [-0.2, 0) is 0 Å². The summed E-state index contributed by atoms with van der Waals surface area (Å²) in [6.45, 7) is 0. The summed E-state index contributed by atoms with van der Waals surface area (Å²) in [5, 5.41) is 0.482. The van der Waals surface area contributed by atoms with E-state index in [0.717, 1.165) is 0 Å². The molecule has 0 aliphatic heterocycles. The number of hydrogen-bond acceptors (Lipinski definition) is 0. The summed E-state index contributed by atoms with van der Waals surface area (Å²) in [6, 6.07) is 0. The molecule has 0 aliphatic rings. The van der Waals surface area contributed by atoms with E-state index in [1.807, 2.05) is 0 Å². The second-order valence-corrected chi connectivity index (χ2v) is 7.89. The zero-order valence-corrected chi connectivity index (χ0v) is 17.9. The summed E-state index contributed by atoms with van der Waals surface area (Å²) in [5.74, 6) is 0. The molecule has 1 radical (unpaired) electrons. The molecule has 0 aliphatic carbocycles. The quantitative estimate of drug-likeness (QED) is 0.278. The third-order valence-electron chi connectivity index (χ3n) is 2.78. The minimum Gasteiger partial charge on any atom is -0.0823 e. The number of rotatable bonds is 2. The molecule has 0 N–H and O–H groups in total. The Morgan fingerprint density at radius 3 is 0.696 bits per heavy atom. The van der Waals surface area contributed by atoms with Crippen molar-refractivity contribution in [2.24, 2.45) is 0 Å².